The van der Waals surface area contributed by atoms with Crippen LogP contribution in [0.2, 0.25) is 0 Å². The molecule has 0 heterocycles. The Bertz CT molecular complexity index is 312. The van der Waals surface area contributed by atoms with E-state index in [0.29, 0.717) is 5.56 Å². The third kappa shape index (κ3) is 3.16. The lowest BCUT2D eigenvalue weighted by Gasteiger charge is -2.07. The minimum Gasteiger partial charge on any atom is -0.459 e. The number of benzene rings is 1. The molecule has 0 fully saturated rings. The van der Waals surface area contributed by atoms with Crippen LogP contribution < -0.4 is 0 Å². The molecule has 2 atom stereocenters. The molecule has 0 saturated carbocycles. The van der Waals surface area contributed by atoms with Gasteiger partial charge >= 0.3 is 5.97 Å². The van der Waals surface area contributed by atoms with E-state index in [1.807, 2.05) is 0 Å². The van der Waals surface area contributed by atoms with Crippen molar-refractivity contribution in [2.24, 2.45) is 0 Å². The van der Waals surface area contributed by atoms with Gasteiger partial charge in [0.05, 0.1) is 13.5 Å². The van der Waals surface area contributed by atoms with Gasteiger partial charge in [0.1, 0.15) is 12.7 Å². The third-order valence-electron chi connectivity index (χ3n) is 1.57. The van der Waals surface area contributed by atoms with Crippen LogP contribution >= 0.6 is 0 Å². The second-order valence-corrected chi connectivity index (χ2v) is 2.68. The molecule has 0 aliphatic heterocycles. The average molecular weight is 197 g/mol. The average Bonchev–Trinajstić information content (AvgIpc) is 2.26. The highest BCUT2D eigenvalue weighted by Crippen LogP contribution is 2.01. The largest absolute Gasteiger partial charge is 0.459 e. The summed E-state index contributed by atoms with van der Waals surface area (Å²) in [4.78, 5) is 11.3. The number of ether oxygens (including phenoxy) is 1. The molecule has 1 aromatic rings. The smallest absolute Gasteiger partial charge is 0.338 e. The van der Waals surface area contributed by atoms with Gasteiger partial charge in [0, 0.05) is 0 Å². The normalized spacial score (nSPS) is 15.4. The fourth-order valence-corrected chi connectivity index (χ4v) is 0.862. The van der Waals surface area contributed by atoms with Crippen molar-refractivity contribution in [3.63, 3.8) is 0 Å². The Labute approximate surface area is 83.2 Å². The van der Waals surface area contributed by atoms with Crippen LogP contribution in [0.15, 0.2) is 30.3 Å². The molecule has 1 aromatic carbocycles. The highest BCUT2D eigenvalue weighted by molar-refractivity contribution is 5.89. The van der Waals surface area contributed by atoms with Crippen molar-refractivity contribution in [1.82, 2.24) is 0 Å². The Balaban J connectivity index is 2.44. The molecular formula is C10H12O4. The molecule has 0 spiro atoms. The van der Waals surface area contributed by atoms with Crippen LogP contribution in [-0.4, -0.2) is 35.5 Å². The topological polar surface area (TPSA) is 66.8 Å². The number of carbonyl (C=O) groups excluding carboxylic acids is 1. The fraction of sp³-hybridized carbons (Fsp3) is 0.300. The summed E-state index contributed by atoms with van der Waals surface area (Å²) in [7, 11) is 0. The van der Waals surface area contributed by atoms with Gasteiger partial charge in [-0.15, -0.1) is 0 Å². The van der Waals surface area contributed by atoms with Gasteiger partial charge in [0.2, 0.25) is 0 Å². The minimum absolute atomic E-state index is 0.365. The molecule has 0 aliphatic rings. The lowest BCUT2D eigenvalue weighted by atomic mass is 10.2. The zero-order valence-corrected chi connectivity index (χ0v) is 7.46. The van der Waals surface area contributed by atoms with E-state index in [9.17, 15) is 4.79 Å². The molecule has 4 nitrogen and oxygen atoms in total. The molecule has 1 rings (SSSR count). The van der Waals surface area contributed by atoms with Crippen molar-refractivity contribution >= 4 is 5.97 Å². The van der Waals surface area contributed by atoms with E-state index in [1.54, 1.807) is 30.3 Å². The zero-order valence-electron chi connectivity index (χ0n) is 8.46. The first-order chi connectivity index (χ1) is 7.11. The van der Waals surface area contributed by atoms with E-state index in [2.05, 4.69) is 4.74 Å². The van der Waals surface area contributed by atoms with E-state index in [0.717, 1.165) is 0 Å². The Morgan fingerprint density at radius 1 is 1.50 bits per heavy atom. The maximum absolute atomic E-state index is 11.3. The fourth-order valence-electron chi connectivity index (χ4n) is 0.862. The van der Waals surface area contributed by atoms with Gasteiger partial charge in [-0.2, -0.15) is 0 Å². The summed E-state index contributed by atoms with van der Waals surface area (Å²) in [6.45, 7) is -2.05. The Morgan fingerprint density at radius 2 is 2.14 bits per heavy atom. The van der Waals surface area contributed by atoms with Crippen LogP contribution in [0, 0.1) is 0 Å². The molecular weight excluding hydrogens is 184 g/mol. The van der Waals surface area contributed by atoms with Crippen LogP contribution in [0.3, 0.4) is 0 Å². The standard InChI is InChI=1S/C10H12O4/c11-6-9(12)7-14-10(13)8-4-2-1-3-5-8/h1-5,9,11-12H,6-7H2/t9-/m0/s1/i6D/t6-,9-. The van der Waals surface area contributed by atoms with Crippen molar-refractivity contribution in [2.45, 2.75) is 6.10 Å². The van der Waals surface area contributed by atoms with Crippen LogP contribution in [0.1, 0.15) is 11.7 Å². The van der Waals surface area contributed by atoms with E-state index in [-0.39, 0.29) is 0 Å². The molecule has 0 amide bonds. The minimum atomic E-state index is -1.66. The van der Waals surface area contributed by atoms with Gasteiger partial charge in [-0.25, -0.2) is 4.79 Å². The van der Waals surface area contributed by atoms with Crippen LogP contribution in [0.5, 0.6) is 0 Å². The molecule has 2 N–H and O–H groups in total. The van der Waals surface area contributed by atoms with Gasteiger partial charge in [-0.1, -0.05) is 18.2 Å². The van der Waals surface area contributed by atoms with Gasteiger partial charge in [-0.05, 0) is 12.1 Å². The maximum atomic E-state index is 11.3. The number of carbonyl (C=O) groups is 1. The molecule has 0 radical (unpaired) electrons. The number of hydrogen-bond acceptors (Lipinski definition) is 4. The van der Waals surface area contributed by atoms with Gasteiger partial charge < -0.3 is 14.9 Å². The maximum Gasteiger partial charge on any atom is 0.338 e. The number of aliphatic hydroxyl groups is 2. The van der Waals surface area contributed by atoms with Crippen molar-refractivity contribution < 1.29 is 21.1 Å². The first-order valence-corrected chi connectivity index (χ1v) is 4.12. The van der Waals surface area contributed by atoms with Crippen LogP contribution in [-0.2, 0) is 4.74 Å². The van der Waals surface area contributed by atoms with Crippen molar-refractivity contribution in [3.05, 3.63) is 35.9 Å². The summed E-state index contributed by atoms with van der Waals surface area (Å²) < 4.78 is 11.4. The Hall–Kier alpha value is -1.39. The number of rotatable bonds is 4. The molecule has 14 heavy (non-hydrogen) atoms. The molecule has 0 bridgehead atoms. The second-order valence-electron chi connectivity index (χ2n) is 2.68. The predicted octanol–water partition coefficient (Wildman–Crippen LogP) is 0.197. The Morgan fingerprint density at radius 3 is 2.71 bits per heavy atom. The highest BCUT2D eigenvalue weighted by Gasteiger charge is 2.08. The van der Waals surface area contributed by atoms with Crippen molar-refractivity contribution in [3.8, 4) is 0 Å². The SMILES string of the molecule is [2H][C@H](O)[C@H](O)COC(=O)c1ccccc1. The van der Waals surface area contributed by atoms with E-state index in [4.69, 9.17) is 11.6 Å². The summed E-state index contributed by atoms with van der Waals surface area (Å²) in [5.41, 5.74) is 0.365. The summed E-state index contributed by atoms with van der Waals surface area (Å²) in [5.74, 6) is -0.588. The Kier molecular flexibility index (Phi) is 3.52. The quantitative estimate of drug-likeness (QED) is 0.676. The third-order valence-corrected chi connectivity index (χ3v) is 1.57. The first-order valence-electron chi connectivity index (χ1n) is 4.69. The molecule has 0 unspecified atom stereocenters. The van der Waals surface area contributed by atoms with Crippen LogP contribution in [0.4, 0.5) is 0 Å². The highest BCUT2D eigenvalue weighted by atomic mass is 16.5. The first kappa shape index (κ1) is 9.18. The van der Waals surface area contributed by atoms with E-state index < -0.39 is 25.3 Å². The number of esters is 1. The molecule has 0 aromatic heterocycles. The zero-order chi connectivity index (χ0) is 11.3. The summed E-state index contributed by atoms with van der Waals surface area (Å²) in [5, 5.41) is 17.6. The second kappa shape index (κ2) is 5.36. The number of aliphatic hydroxyl groups excluding tert-OH is 2. The van der Waals surface area contributed by atoms with Gasteiger partial charge in [0.25, 0.3) is 0 Å². The molecule has 4 heteroatoms. The summed E-state index contributed by atoms with van der Waals surface area (Å²) in [6, 6.07) is 8.29. The summed E-state index contributed by atoms with van der Waals surface area (Å²) in [6.07, 6.45) is -1.38. The van der Waals surface area contributed by atoms with E-state index in [1.165, 1.54) is 0 Å². The molecule has 0 saturated heterocycles. The molecule has 76 valence electrons. The van der Waals surface area contributed by atoms with Gasteiger partial charge in [-0.3, -0.25) is 0 Å². The molecule has 0 aliphatic carbocycles. The monoisotopic (exact) mass is 197 g/mol. The lowest BCUT2D eigenvalue weighted by molar-refractivity contribution is 0.00933. The van der Waals surface area contributed by atoms with Gasteiger partial charge in [0.15, 0.2) is 0 Å². The van der Waals surface area contributed by atoms with E-state index >= 15 is 0 Å². The lowest BCUT2D eigenvalue weighted by Crippen LogP contribution is -2.21. The number of hydrogen-bond donors (Lipinski definition) is 2. The van der Waals surface area contributed by atoms with Crippen molar-refractivity contribution in [1.29, 1.82) is 0 Å². The predicted molar refractivity (Wildman–Crippen MR) is 49.8 cm³/mol. The van der Waals surface area contributed by atoms with Crippen LogP contribution in [0.25, 0.3) is 0 Å². The summed E-state index contributed by atoms with van der Waals surface area (Å²) >= 11 is 0. The van der Waals surface area contributed by atoms with Crippen molar-refractivity contribution in [2.75, 3.05) is 13.2 Å².